The van der Waals surface area contributed by atoms with Crippen LogP contribution in [0.25, 0.3) is 32.7 Å². The van der Waals surface area contributed by atoms with Crippen molar-refractivity contribution in [3.05, 3.63) is 102 Å². The molecule has 0 radical (unpaired) electrons. The predicted molar refractivity (Wildman–Crippen MR) is 133 cm³/mol. The number of phenolic OH excluding ortho intramolecular Hbond substituents is 2. The van der Waals surface area contributed by atoms with Crippen LogP contribution in [-0.4, -0.2) is 29.3 Å². The summed E-state index contributed by atoms with van der Waals surface area (Å²) in [4.78, 5) is 25.0. The maximum atomic E-state index is 12.6. The van der Waals surface area contributed by atoms with E-state index in [1.54, 1.807) is 78.9 Å². The smallest absolute Gasteiger partial charge is 0.343 e. The van der Waals surface area contributed by atoms with Gasteiger partial charge in [-0.3, -0.25) is 0 Å². The zero-order valence-electron chi connectivity index (χ0n) is 18.7. The van der Waals surface area contributed by atoms with E-state index in [1.165, 1.54) is 13.2 Å². The van der Waals surface area contributed by atoms with Crippen LogP contribution in [0.5, 0.6) is 17.2 Å². The van der Waals surface area contributed by atoms with Crippen LogP contribution in [0.1, 0.15) is 20.7 Å². The van der Waals surface area contributed by atoms with Crippen molar-refractivity contribution in [3.63, 3.8) is 0 Å². The number of methoxy groups -OCH3 is 1. The van der Waals surface area contributed by atoms with E-state index in [1.807, 2.05) is 6.07 Å². The minimum absolute atomic E-state index is 0.0238. The fraction of sp³-hybridized carbons (Fsp3) is 0.0345. The van der Waals surface area contributed by atoms with E-state index in [0.29, 0.717) is 27.3 Å². The van der Waals surface area contributed by atoms with Crippen molar-refractivity contribution in [2.45, 2.75) is 0 Å². The van der Waals surface area contributed by atoms with Gasteiger partial charge in [-0.15, -0.1) is 0 Å². The van der Waals surface area contributed by atoms with Gasteiger partial charge in [-0.2, -0.15) is 0 Å². The summed E-state index contributed by atoms with van der Waals surface area (Å²) in [6.45, 7) is 0. The highest BCUT2D eigenvalue weighted by molar-refractivity contribution is 6.13. The summed E-state index contributed by atoms with van der Waals surface area (Å²) >= 11 is 0. The Balaban J connectivity index is 1.75. The second-order valence-corrected chi connectivity index (χ2v) is 7.96. The Kier molecular flexibility index (Phi) is 5.55. The van der Waals surface area contributed by atoms with Crippen LogP contribution in [-0.2, 0) is 4.74 Å². The van der Waals surface area contributed by atoms with Gasteiger partial charge in [0.2, 0.25) is 0 Å². The molecule has 35 heavy (non-hydrogen) atoms. The third kappa shape index (κ3) is 3.91. The van der Waals surface area contributed by atoms with Crippen molar-refractivity contribution in [3.8, 4) is 28.4 Å². The Morgan fingerprint density at radius 3 is 2.17 bits per heavy atom. The summed E-state index contributed by atoms with van der Waals surface area (Å²) in [5.74, 6) is -1.37. The minimum atomic E-state index is -0.702. The molecule has 0 aliphatic rings. The Labute approximate surface area is 200 Å². The molecular weight excluding hydrogens is 444 g/mol. The molecule has 0 amide bonds. The number of benzene rings is 5. The highest BCUT2D eigenvalue weighted by Gasteiger charge is 2.23. The van der Waals surface area contributed by atoms with Gasteiger partial charge >= 0.3 is 11.9 Å². The molecule has 0 spiro atoms. The zero-order valence-corrected chi connectivity index (χ0v) is 18.7. The van der Waals surface area contributed by atoms with Crippen molar-refractivity contribution in [1.82, 2.24) is 0 Å². The predicted octanol–water partition coefficient (Wildman–Crippen LogP) is 6.08. The van der Waals surface area contributed by atoms with E-state index >= 15 is 0 Å². The number of aromatic hydroxyl groups is 2. The molecule has 5 rings (SSSR count). The Bertz CT molecular complexity index is 1610. The van der Waals surface area contributed by atoms with Crippen molar-refractivity contribution in [2.24, 2.45) is 0 Å². The number of fused-ring (bicyclic) bond motifs is 2. The summed E-state index contributed by atoms with van der Waals surface area (Å²) in [5.41, 5.74) is 0.958. The molecule has 0 saturated heterocycles. The van der Waals surface area contributed by atoms with Crippen LogP contribution in [0.15, 0.2) is 91.0 Å². The molecular formula is C29H20O6. The van der Waals surface area contributed by atoms with Crippen LogP contribution in [0.4, 0.5) is 0 Å². The normalized spacial score (nSPS) is 10.9. The molecule has 0 unspecified atom stereocenters. The SMILES string of the molecule is COC(=O)c1cc2ccccc2c(-c2c(O)ccc3ccc(OC(=O)c4ccccc4)cc23)c1O. The summed E-state index contributed by atoms with van der Waals surface area (Å²) in [7, 11) is 1.24. The zero-order chi connectivity index (χ0) is 24.5. The molecule has 0 fully saturated rings. The second kappa shape index (κ2) is 8.83. The standard InChI is InChI=1S/C29H20O6/c1-34-29(33)23-15-19-9-5-6-10-21(19)26(27(23)31)25-22-16-20(13-11-17(22)12-14-24(25)30)35-28(32)18-7-3-2-4-8-18/h2-16,30-31H,1H3. The average molecular weight is 464 g/mol. The van der Waals surface area contributed by atoms with Crippen molar-refractivity contribution in [2.75, 3.05) is 7.11 Å². The minimum Gasteiger partial charge on any atom is -0.507 e. The lowest BCUT2D eigenvalue weighted by atomic mass is 9.90. The number of hydrogen-bond acceptors (Lipinski definition) is 6. The van der Waals surface area contributed by atoms with Crippen molar-refractivity contribution in [1.29, 1.82) is 0 Å². The Morgan fingerprint density at radius 1 is 0.686 bits per heavy atom. The molecule has 172 valence electrons. The molecule has 0 bridgehead atoms. The third-order valence-electron chi connectivity index (χ3n) is 5.87. The molecule has 0 aromatic heterocycles. The molecule has 0 aliphatic heterocycles. The number of carbonyl (C=O) groups is 2. The van der Waals surface area contributed by atoms with Crippen LogP contribution in [0.3, 0.4) is 0 Å². The first kappa shape index (κ1) is 22.0. The van der Waals surface area contributed by atoms with Crippen LogP contribution in [0.2, 0.25) is 0 Å². The first-order valence-corrected chi connectivity index (χ1v) is 10.8. The fourth-order valence-electron chi connectivity index (χ4n) is 4.21. The monoisotopic (exact) mass is 464 g/mol. The number of ether oxygens (including phenoxy) is 2. The van der Waals surface area contributed by atoms with Crippen LogP contribution >= 0.6 is 0 Å². The maximum absolute atomic E-state index is 12.6. The largest absolute Gasteiger partial charge is 0.507 e. The van der Waals surface area contributed by atoms with Crippen LogP contribution in [0, 0.1) is 0 Å². The number of esters is 2. The lowest BCUT2D eigenvalue weighted by Gasteiger charge is -2.17. The van der Waals surface area contributed by atoms with Gasteiger partial charge in [-0.25, -0.2) is 9.59 Å². The average Bonchev–Trinajstić information content (AvgIpc) is 2.89. The summed E-state index contributed by atoms with van der Waals surface area (Å²) in [6, 6.07) is 25.7. The number of rotatable bonds is 4. The number of phenols is 2. The van der Waals surface area contributed by atoms with E-state index in [9.17, 15) is 19.8 Å². The topological polar surface area (TPSA) is 93.1 Å². The molecule has 5 aromatic rings. The van der Waals surface area contributed by atoms with Crippen molar-refractivity contribution < 1.29 is 29.3 Å². The van der Waals surface area contributed by atoms with E-state index in [2.05, 4.69) is 0 Å². The highest BCUT2D eigenvalue weighted by Crippen LogP contribution is 2.46. The molecule has 5 aromatic carbocycles. The van der Waals surface area contributed by atoms with Gasteiger partial charge in [0.1, 0.15) is 22.8 Å². The lowest BCUT2D eigenvalue weighted by Crippen LogP contribution is -2.08. The first-order valence-electron chi connectivity index (χ1n) is 10.8. The summed E-state index contributed by atoms with van der Waals surface area (Å²) in [6.07, 6.45) is 0. The van der Waals surface area contributed by atoms with Gasteiger partial charge in [0.15, 0.2) is 0 Å². The third-order valence-corrected chi connectivity index (χ3v) is 5.87. The van der Waals surface area contributed by atoms with E-state index in [0.717, 1.165) is 5.39 Å². The Hall–Kier alpha value is -4.84. The second-order valence-electron chi connectivity index (χ2n) is 7.96. The van der Waals surface area contributed by atoms with E-state index in [4.69, 9.17) is 9.47 Å². The maximum Gasteiger partial charge on any atom is 0.343 e. The van der Waals surface area contributed by atoms with Crippen molar-refractivity contribution >= 4 is 33.5 Å². The molecule has 6 nitrogen and oxygen atoms in total. The summed E-state index contributed by atoms with van der Waals surface area (Å²) in [5, 5.41) is 24.7. The van der Waals surface area contributed by atoms with Gasteiger partial charge in [-0.05, 0) is 57.9 Å². The molecule has 0 heterocycles. The van der Waals surface area contributed by atoms with Gasteiger partial charge in [0, 0.05) is 11.1 Å². The number of hydrogen-bond donors (Lipinski definition) is 2. The Morgan fingerprint density at radius 2 is 1.40 bits per heavy atom. The quantitative estimate of drug-likeness (QED) is 0.247. The highest BCUT2D eigenvalue weighted by atomic mass is 16.5. The van der Waals surface area contributed by atoms with E-state index in [-0.39, 0.29) is 28.4 Å². The number of carbonyl (C=O) groups excluding carboxylic acids is 2. The fourth-order valence-corrected chi connectivity index (χ4v) is 4.21. The van der Waals surface area contributed by atoms with Gasteiger partial charge in [0.25, 0.3) is 0 Å². The van der Waals surface area contributed by atoms with Gasteiger partial charge < -0.3 is 19.7 Å². The lowest BCUT2D eigenvalue weighted by molar-refractivity contribution is 0.0597. The van der Waals surface area contributed by atoms with Crippen LogP contribution < -0.4 is 4.74 Å². The van der Waals surface area contributed by atoms with E-state index < -0.39 is 11.9 Å². The first-order chi connectivity index (χ1) is 17.0. The molecule has 0 aliphatic carbocycles. The molecule has 0 saturated carbocycles. The molecule has 6 heteroatoms. The molecule has 0 atom stereocenters. The van der Waals surface area contributed by atoms with Gasteiger partial charge in [0.05, 0.1) is 12.7 Å². The van der Waals surface area contributed by atoms with Gasteiger partial charge in [-0.1, -0.05) is 54.6 Å². The summed E-state index contributed by atoms with van der Waals surface area (Å²) < 4.78 is 10.4. The molecule has 2 N–H and O–H groups in total.